The molecule has 0 unspecified atom stereocenters. The Morgan fingerprint density at radius 2 is 1.90 bits per heavy atom. The molecule has 2 aromatic rings. The molecule has 0 aromatic carbocycles. The Hall–Kier alpha value is -1.18. The second-order valence-electron chi connectivity index (χ2n) is 5.41. The molecule has 0 aliphatic carbocycles. The van der Waals surface area contributed by atoms with Gasteiger partial charge in [0.05, 0.1) is 4.88 Å². The first-order valence-electron chi connectivity index (χ1n) is 7.12. The molecule has 114 valence electrons. The molecule has 5 nitrogen and oxygen atoms in total. The number of nitrogens with zero attached hydrogens (tertiary/aromatic N) is 2. The van der Waals surface area contributed by atoms with E-state index in [1.54, 1.807) is 10.4 Å². The van der Waals surface area contributed by atoms with Gasteiger partial charge >= 0.3 is 0 Å². The van der Waals surface area contributed by atoms with Crippen LogP contribution in [0.3, 0.4) is 0 Å². The Morgan fingerprint density at radius 3 is 2.52 bits per heavy atom. The summed E-state index contributed by atoms with van der Waals surface area (Å²) in [6, 6.07) is 3.55. The molecule has 1 N–H and O–H groups in total. The number of piperidine rings is 1. The van der Waals surface area contributed by atoms with Gasteiger partial charge in [-0.05, 0) is 44.4 Å². The summed E-state index contributed by atoms with van der Waals surface area (Å²) in [6.45, 7) is 5.23. The van der Waals surface area contributed by atoms with Crippen LogP contribution >= 0.6 is 11.3 Å². The number of H-pyrrole nitrogens is 1. The fraction of sp³-hybridized carbons (Fsp3) is 0.500. The Morgan fingerprint density at radius 1 is 1.19 bits per heavy atom. The van der Waals surface area contributed by atoms with Crippen LogP contribution in [0.25, 0.3) is 10.6 Å². The van der Waals surface area contributed by atoms with Gasteiger partial charge in [-0.1, -0.05) is 6.42 Å². The van der Waals surface area contributed by atoms with Gasteiger partial charge < -0.3 is 0 Å². The molecule has 0 saturated carbocycles. The second kappa shape index (κ2) is 5.55. The van der Waals surface area contributed by atoms with Crippen molar-refractivity contribution in [2.75, 3.05) is 13.1 Å². The summed E-state index contributed by atoms with van der Waals surface area (Å²) in [5.41, 5.74) is 2.93. The number of sulfonamides is 1. The van der Waals surface area contributed by atoms with Crippen LogP contribution in [0.5, 0.6) is 0 Å². The zero-order chi connectivity index (χ0) is 15.0. The molecule has 7 heteroatoms. The first-order valence-corrected chi connectivity index (χ1v) is 9.38. The van der Waals surface area contributed by atoms with Crippen molar-refractivity contribution in [1.29, 1.82) is 0 Å². The lowest BCUT2D eigenvalue weighted by Gasteiger charge is -2.25. The fourth-order valence-electron chi connectivity index (χ4n) is 2.54. The van der Waals surface area contributed by atoms with E-state index in [0.29, 0.717) is 17.3 Å². The number of aromatic nitrogens is 2. The lowest BCUT2D eigenvalue weighted by atomic mass is 10.2. The average molecular weight is 325 g/mol. The lowest BCUT2D eigenvalue weighted by molar-refractivity contribution is 0.347. The van der Waals surface area contributed by atoms with Crippen LogP contribution < -0.4 is 0 Å². The maximum Gasteiger partial charge on any atom is 0.252 e. The Kier molecular flexibility index (Phi) is 3.90. The number of aromatic amines is 1. The minimum absolute atomic E-state index is 0.416. The van der Waals surface area contributed by atoms with Crippen molar-refractivity contribution in [3.63, 3.8) is 0 Å². The highest BCUT2D eigenvalue weighted by Gasteiger charge is 2.27. The summed E-state index contributed by atoms with van der Waals surface area (Å²) in [5, 5.41) is 7.21. The molecule has 0 spiro atoms. The molecule has 0 radical (unpaired) electrons. The first kappa shape index (κ1) is 14.7. The Labute approximate surface area is 129 Å². The van der Waals surface area contributed by atoms with Gasteiger partial charge in [-0.2, -0.15) is 9.40 Å². The molecule has 1 fully saturated rings. The average Bonchev–Trinajstić information content (AvgIpc) is 3.09. The zero-order valence-electron chi connectivity index (χ0n) is 12.2. The normalized spacial score (nSPS) is 17.2. The minimum Gasteiger partial charge on any atom is -0.282 e. The molecular formula is C14H19N3O2S2. The van der Waals surface area contributed by atoms with E-state index in [4.69, 9.17) is 0 Å². The first-order chi connectivity index (χ1) is 10.00. The van der Waals surface area contributed by atoms with E-state index in [2.05, 4.69) is 10.2 Å². The summed E-state index contributed by atoms with van der Waals surface area (Å²) < 4.78 is 27.3. The van der Waals surface area contributed by atoms with E-state index in [0.717, 1.165) is 41.1 Å². The van der Waals surface area contributed by atoms with Crippen molar-refractivity contribution in [1.82, 2.24) is 14.5 Å². The van der Waals surface area contributed by atoms with Crippen molar-refractivity contribution >= 4 is 21.4 Å². The largest absolute Gasteiger partial charge is 0.282 e. The summed E-state index contributed by atoms with van der Waals surface area (Å²) in [7, 11) is -3.34. The van der Waals surface area contributed by atoms with Crippen molar-refractivity contribution in [2.24, 2.45) is 0 Å². The predicted octanol–water partition coefficient (Wildman–Crippen LogP) is 2.93. The molecule has 0 atom stereocenters. The van der Waals surface area contributed by atoms with Crippen LogP contribution in [0.4, 0.5) is 0 Å². The third-order valence-corrected chi connectivity index (χ3v) is 7.44. The Bertz CT molecular complexity index is 740. The molecule has 3 heterocycles. The van der Waals surface area contributed by atoms with Crippen LogP contribution in [-0.4, -0.2) is 36.0 Å². The van der Waals surface area contributed by atoms with Crippen molar-refractivity contribution in [2.45, 2.75) is 37.3 Å². The van der Waals surface area contributed by atoms with Gasteiger partial charge in [-0.3, -0.25) is 5.10 Å². The lowest BCUT2D eigenvalue weighted by Crippen LogP contribution is -2.35. The van der Waals surface area contributed by atoms with Crippen molar-refractivity contribution < 1.29 is 8.42 Å². The summed E-state index contributed by atoms with van der Waals surface area (Å²) in [6.07, 6.45) is 3.03. The fourth-order valence-corrected chi connectivity index (χ4v) is 5.57. The molecule has 2 aromatic heterocycles. The van der Waals surface area contributed by atoms with Gasteiger partial charge in [0, 0.05) is 18.8 Å². The van der Waals surface area contributed by atoms with E-state index < -0.39 is 10.0 Å². The van der Waals surface area contributed by atoms with Crippen molar-refractivity contribution in [3.05, 3.63) is 23.4 Å². The smallest absolute Gasteiger partial charge is 0.252 e. The highest BCUT2D eigenvalue weighted by molar-refractivity contribution is 7.91. The van der Waals surface area contributed by atoms with Gasteiger partial charge in [0.25, 0.3) is 10.0 Å². The second-order valence-corrected chi connectivity index (χ2v) is 8.65. The monoisotopic (exact) mass is 325 g/mol. The van der Waals surface area contributed by atoms with Crippen LogP contribution in [0.1, 0.15) is 30.5 Å². The highest BCUT2D eigenvalue weighted by atomic mass is 32.2. The minimum atomic E-state index is -3.34. The maximum absolute atomic E-state index is 12.6. The molecule has 0 amide bonds. The van der Waals surface area contributed by atoms with Gasteiger partial charge in [-0.15, -0.1) is 11.3 Å². The van der Waals surface area contributed by atoms with Gasteiger partial charge in [0.2, 0.25) is 0 Å². The van der Waals surface area contributed by atoms with E-state index in [1.165, 1.54) is 11.3 Å². The molecule has 0 bridgehead atoms. The number of hydrogen-bond acceptors (Lipinski definition) is 4. The maximum atomic E-state index is 12.6. The number of aryl methyl sites for hydroxylation is 1. The third kappa shape index (κ3) is 2.65. The van der Waals surface area contributed by atoms with Gasteiger partial charge in [0.1, 0.15) is 9.90 Å². The predicted molar refractivity (Wildman–Crippen MR) is 84.0 cm³/mol. The summed E-state index contributed by atoms with van der Waals surface area (Å²) in [4.78, 5) is 0.896. The van der Waals surface area contributed by atoms with Gasteiger partial charge in [0.15, 0.2) is 0 Å². The van der Waals surface area contributed by atoms with E-state index >= 15 is 0 Å². The van der Waals surface area contributed by atoms with Crippen LogP contribution in [-0.2, 0) is 10.0 Å². The van der Waals surface area contributed by atoms with E-state index in [-0.39, 0.29) is 0 Å². The summed E-state index contributed by atoms with van der Waals surface area (Å²) >= 11 is 1.30. The number of thiophene rings is 1. The van der Waals surface area contributed by atoms with Crippen LogP contribution in [0.2, 0.25) is 0 Å². The molecule has 1 aliphatic rings. The molecule has 1 aliphatic heterocycles. The standard InChI is InChI=1S/C14H19N3O2S2/c1-10-11(2)15-16-14(10)12-6-7-13(20-12)21(18,19)17-8-4-3-5-9-17/h6-7H,3-5,8-9H2,1-2H3,(H,15,16). The number of hydrogen-bond donors (Lipinski definition) is 1. The molecule has 1 saturated heterocycles. The van der Waals surface area contributed by atoms with E-state index in [1.807, 2.05) is 19.9 Å². The van der Waals surface area contributed by atoms with Crippen molar-refractivity contribution in [3.8, 4) is 10.6 Å². The van der Waals surface area contributed by atoms with Crippen LogP contribution in [0.15, 0.2) is 16.3 Å². The highest BCUT2D eigenvalue weighted by Crippen LogP contribution is 2.34. The molecule has 3 rings (SSSR count). The van der Waals surface area contributed by atoms with E-state index in [9.17, 15) is 8.42 Å². The third-order valence-electron chi connectivity index (χ3n) is 3.98. The van der Waals surface area contributed by atoms with Crippen LogP contribution in [0, 0.1) is 13.8 Å². The number of nitrogens with one attached hydrogen (secondary N) is 1. The molecule has 21 heavy (non-hydrogen) atoms. The SMILES string of the molecule is Cc1[nH]nc(-c2ccc(S(=O)(=O)N3CCCCC3)s2)c1C. The Balaban J connectivity index is 1.92. The quantitative estimate of drug-likeness (QED) is 0.943. The van der Waals surface area contributed by atoms with Gasteiger partial charge in [-0.25, -0.2) is 8.42 Å². The molecular weight excluding hydrogens is 306 g/mol. The topological polar surface area (TPSA) is 66.1 Å². The number of rotatable bonds is 3. The zero-order valence-corrected chi connectivity index (χ0v) is 13.9. The summed E-state index contributed by atoms with van der Waals surface area (Å²) in [5.74, 6) is 0.